The van der Waals surface area contributed by atoms with E-state index in [0.29, 0.717) is 5.92 Å². The zero-order chi connectivity index (χ0) is 15.9. The Kier molecular flexibility index (Phi) is 5.78. The Morgan fingerprint density at radius 3 is 2.50 bits per heavy atom. The van der Waals surface area contributed by atoms with Crippen molar-refractivity contribution in [2.45, 2.75) is 19.9 Å². The molecule has 22 heavy (non-hydrogen) atoms. The summed E-state index contributed by atoms with van der Waals surface area (Å²) in [5.74, 6) is 1.03. The fourth-order valence-corrected chi connectivity index (χ4v) is 2.82. The second kappa shape index (κ2) is 7.80. The van der Waals surface area contributed by atoms with Crippen molar-refractivity contribution in [3.63, 3.8) is 0 Å². The molecule has 2 rings (SSSR count). The minimum Gasteiger partial charge on any atom is -0.497 e. The van der Waals surface area contributed by atoms with Gasteiger partial charge in [-0.1, -0.05) is 26.0 Å². The molecule has 116 valence electrons. The van der Waals surface area contributed by atoms with Crippen molar-refractivity contribution in [2.75, 3.05) is 7.11 Å². The van der Waals surface area contributed by atoms with Crippen LogP contribution in [0.15, 0.2) is 47.2 Å². The largest absolute Gasteiger partial charge is 0.497 e. The van der Waals surface area contributed by atoms with Crippen molar-refractivity contribution in [3.05, 3.63) is 58.3 Å². The number of thiophene rings is 1. The highest BCUT2D eigenvalue weighted by atomic mass is 32.1. The number of carbonyl (C=O) groups excluding carboxylic acids is 1. The second-order valence-corrected chi connectivity index (χ2v) is 6.17. The first-order chi connectivity index (χ1) is 10.6. The third-order valence-electron chi connectivity index (χ3n) is 3.41. The fourth-order valence-electron chi connectivity index (χ4n) is 2.19. The summed E-state index contributed by atoms with van der Waals surface area (Å²) in [7, 11) is 1.64. The summed E-state index contributed by atoms with van der Waals surface area (Å²) in [4.78, 5) is 12.1. The highest BCUT2D eigenvalue weighted by molar-refractivity contribution is 7.08. The molecule has 1 unspecified atom stereocenters. The average Bonchev–Trinajstić information content (AvgIpc) is 3.04. The quantitative estimate of drug-likeness (QED) is 0.808. The van der Waals surface area contributed by atoms with Gasteiger partial charge in [0.2, 0.25) is 5.91 Å². The molecule has 1 N–H and O–H groups in total. The van der Waals surface area contributed by atoms with Crippen molar-refractivity contribution in [1.29, 1.82) is 0 Å². The Hall–Kier alpha value is -2.07. The maximum absolute atomic E-state index is 12.1. The van der Waals surface area contributed by atoms with Gasteiger partial charge in [0.1, 0.15) is 5.75 Å². The number of methoxy groups -OCH3 is 1. The van der Waals surface area contributed by atoms with Crippen molar-refractivity contribution in [2.24, 2.45) is 5.92 Å². The number of ether oxygens (including phenoxy) is 1. The summed E-state index contributed by atoms with van der Waals surface area (Å²) >= 11 is 1.62. The number of hydrogen-bond acceptors (Lipinski definition) is 3. The summed E-state index contributed by atoms with van der Waals surface area (Å²) in [6.07, 6.45) is 3.41. The number of rotatable bonds is 6. The number of hydrogen-bond donors (Lipinski definition) is 1. The lowest BCUT2D eigenvalue weighted by atomic mass is 9.96. The minimum absolute atomic E-state index is 0.0227. The fraction of sp³-hybridized carbons (Fsp3) is 0.278. The summed E-state index contributed by atoms with van der Waals surface area (Å²) < 4.78 is 5.17. The molecule has 1 atom stereocenters. The maximum atomic E-state index is 12.1. The van der Waals surface area contributed by atoms with Crippen LogP contribution in [-0.2, 0) is 4.79 Å². The first kappa shape index (κ1) is 16.3. The predicted molar refractivity (Wildman–Crippen MR) is 92.1 cm³/mol. The molecule has 0 saturated heterocycles. The van der Waals surface area contributed by atoms with Gasteiger partial charge in [-0.2, -0.15) is 11.3 Å². The van der Waals surface area contributed by atoms with E-state index in [1.807, 2.05) is 47.2 Å². The lowest BCUT2D eigenvalue weighted by Crippen LogP contribution is -2.30. The van der Waals surface area contributed by atoms with Crippen LogP contribution in [0.5, 0.6) is 5.75 Å². The normalized spacial score (nSPS) is 12.5. The van der Waals surface area contributed by atoms with Gasteiger partial charge in [0.15, 0.2) is 0 Å². The molecule has 1 amide bonds. The maximum Gasteiger partial charge on any atom is 0.244 e. The molecule has 0 aliphatic rings. The van der Waals surface area contributed by atoms with E-state index in [1.165, 1.54) is 0 Å². The van der Waals surface area contributed by atoms with Gasteiger partial charge in [0.05, 0.1) is 13.2 Å². The second-order valence-electron chi connectivity index (χ2n) is 5.39. The van der Waals surface area contributed by atoms with Gasteiger partial charge in [-0.05, 0) is 52.1 Å². The van der Waals surface area contributed by atoms with Gasteiger partial charge in [0.25, 0.3) is 0 Å². The van der Waals surface area contributed by atoms with Gasteiger partial charge >= 0.3 is 0 Å². The summed E-state index contributed by atoms with van der Waals surface area (Å²) in [5, 5.41) is 7.07. The molecule has 0 bridgehead atoms. The van der Waals surface area contributed by atoms with E-state index >= 15 is 0 Å². The van der Waals surface area contributed by atoms with Crippen LogP contribution in [0, 0.1) is 5.92 Å². The topological polar surface area (TPSA) is 38.3 Å². The van der Waals surface area contributed by atoms with E-state index < -0.39 is 0 Å². The van der Waals surface area contributed by atoms with Gasteiger partial charge in [0, 0.05) is 6.08 Å². The van der Waals surface area contributed by atoms with E-state index in [2.05, 4.69) is 19.2 Å². The Morgan fingerprint density at radius 2 is 1.95 bits per heavy atom. The minimum atomic E-state index is -0.0827. The molecule has 2 aromatic rings. The Balaban J connectivity index is 2.06. The molecule has 4 heteroatoms. The molecule has 0 spiro atoms. The predicted octanol–water partition coefficient (Wildman–Crippen LogP) is 4.28. The molecule has 0 saturated carbocycles. The van der Waals surface area contributed by atoms with Gasteiger partial charge in [-0.15, -0.1) is 0 Å². The van der Waals surface area contributed by atoms with Crippen molar-refractivity contribution in [1.82, 2.24) is 5.32 Å². The molecular formula is C18H21NO2S. The van der Waals surface area contributed by atoms with E-state index in [-0.39, 0.29) is 11.9 Å². The van der Waals surface area contributed by atoms with Crippen molar-refractivity contribution in [3.8, 4) is 5.75 Å². The smallest absolute Gasteiger partial charge is 0.244 e. The summed E-state index contributed by atoms with van der Waals surface area (Å²) in [5.41, 5.74) is 2.12. The first-order valence-electron chi connectivity index (χ1n) is 7.25. The monoisotopic (exact) mass is 315 g/mol. The highest BCUT2D eigenvalue weighted by Crippen LogP contribution is 2.24. The molecule has 1 heterocycles. The van der Waals surface area contributed by atoms with Crippen LogP contribution in [-0.4, -0.2) is 13.0 Å². The number of carbonyl (C=O) groups is 1. The van der Waals surface area contributed by atoms with Crippen LogP contribution in [0.2, 0.25) is 0 Å². The van der Waals surface area contributed by atoms with Crippen LogP contribution in [0.1, 0.15) is 31.0 Å². The average molecular weight is 315 g/mol. The number of nitrogens with one attached hydrogen (secondary N) is 1. The first-order valence-corrected chi connectivity index (χ1v) is 8.19. The highest BCUT2D eigenvalue weighted by Gasteiger charge is 2.17. The van der Waals surface area contributed by atoms with Gasteiger partial charge in [-0.25, -0.2) is 0 Å². The summed E-state index contributed by atoms with van der Waals surface area (Å²) in [6, 6.07) is 9.78. The molecular weight excluding hydrogens is 294 g/mol. The zero-order valence-electron chi connectivity index (χ0n) is 13.1. The lowest BCUT2D eigenvalue weighted by molar-refractivity contribution is -0.117. The molecule has 0 radical (unpaired) electrons. The molecule has 1 aromatic heterocycles. The molecule has 1 aromatic carbocycles. The zero-order valence-corrected chi connectivity index (χ0v) is 13.9. The molecule has 0 fully saturated rings. The van der Waals surface area contributed by atoms with Crippen molar-refractivity contribution >= 4 is 23.3 Å². The number of benzene rings is 1. The van der Waals surface area contributed by atoms with Crippen molar-refractivity contribution < 1.29 is 9.53 Å². The lowest BCUT2D eigenvalue weighted by Gasteiger charge is -2.22. The summed E-state index contributed by atoms with van der Waals surface area (Å²) in [6.45, 7) is 4.19. The van der Waals surface area contributed by atoms with Crippen LogP contribution < -0.4 is 10.1 Å². The van der Waals surface area contributed by atoms with E-state index in [0.717, 1.165) is 16.9 Å². The van der Waals surface area contributed by atoms with Crippen LogP contribution in [0.3, 0.4) is 0 Å². The van der Waals surface area contributed by atoms with Crippen LogP contribution >= 0.6 is 11.3 Å². The third kappa shape index (κ3) is 4.46. The molecule has 0 aliphatic carbocycles. The number of amides is 1. The molecule has 3 nitrogen and oxygen atoms in total. The SMILES string of the molecule is COc1ccc(C(NC(=O)/C=C/c2ccsc2)C(C)C)cc1. The standard InChI is InChI=1S/C18H21NO2S/c1-13(2)18(15-5-7-16(21-3)8-6-15)19-17(20)9-4-14-10-11-22-12-14/h4-13,18H,1-3H3,(H,19,20)/b9-4+. The van der Waals surface area contributed by atoms with Gasteiger partial charge < -0.3 is 10.1 Å². The third-order valence-corrected chi connectivity index (χ3v) is 4.11. The Morgan fingerprint density at radius 1 is 1.23 bits per heavy atom. The van der Waals surface area contributed by atoms with E-state index in [4.69, 9.17) is 4.74 Å². The molecule has 0 aliphatic heterocycles. The van der Waals surface area contributed by atoms with Crippen LogP contribution in [0.25, 0.3) is 6.08 Å². The van der Waals surface area contributed by atoms with E-state index in [1.54, 1.807) is 24.5 Å². The van der Waals surface area contributed by atoms with E-state index in [9.17, 15) is 4.79 Å². The Bertz CT molecular complexity index is 615. The Labute approximate surface area is 135 Å². The van der Waals surface area contributed by atoms with Crippen LogP contribution in [0.4, 0.5) is 0 Å². The van der Waals surface area contributed by atoms with Gasteiger partial charge in [-0.3, -0.25) is 4.79 Å².